The fourth-order valence-corrected chi connectivity index (χ4v) is 4.72. The topological polar surface area (TPSA) is 89.8 Å². The van der Waals surface area contributed by atoms with Gasteiger partial charge in [0.15, 0.2) is 11.5 Å². The van der Waals surface area contributed by atoms with Gasteiger partial charge in [0.1, 0.15) is 0 Å². The summed E-state index contributed by atoms with van der Waals surface area (Å²) in [6, 6.07) is 8.91. The maximum atomic E-state index is 12.9. The Balaban J connectivity index is 1.50. The van der Waals surface area contributed by atoms with Gasteiger partial charge in [0.2, 0.25) is 6.79 Å². The quantitative estimate of drug-likeness (QED) is 0.607. The lowest BCUT2D eigenvalue weighted by molar-refractivity contribution is 0.174. The molecule has 2 aromatic carbocycles. The molecule has 5 rings (SSSR count). The largest absolute Gasteiger partial charge is 0.454 e. The Kier molecular flexibility index (Phi) is 5.62. The Labute approximate surface area is 191 Å². The molecule has 0 saturated carbocycles. The lowest BCUT2D eigenvalue weighted by Gasteiger charge is -2.30. The van der Waals surface area contributed by atoms with Crippen molar-refractivity contribution in [1.29, 1.82) is 0 Å². The number of nitrogens with zero attached hydrogens (tertiary/aromatic N) is 3. The number of imidazole rings is 1. The van der Waals surface area contributed by atoms with Crippen LogP contribution in [0.5, 0.6) is 11.5 Å². The number of benzene rings is 2. The van der Waals surface area contributed by atoms with Crippen LogP contribution in [-0.2, 0) is 13.1 Å². The Morgan fingerprint density at radius 2 is 1.61 bits per heavy atom. The van der Waals surface area contributed by atoms with Crippen molar-refractivity contribution >= 4 is 34.1 Å². The molecule has 3 aromatic rings. The minimum absolute atomic E-state index is 0.0263. The summed E-state index contributed by atoms with van der Waals surface area (Å²) in [4.78, 5) is 28.1. The number of nitrogens with one attached hydrogen (secondary N) is 2. The van der Waals surface area contributed by atoms with E-state index in [1.807, 2.05) is 26.0 Å². The van der Waals surface area contributed by atoms with E-state index in [1.54, 1.807) is 27.3 Å². The highest BCUT2D eigenvalue weighted by molar-refractivity contribution is 6.04. The molecule has 33 heavy (non-hydrogen) atoms. The van der Waals surface area contributed by atoms with E-state index in [-0.39, 0.29) is 18.5 Å². The van der Waals surface area contributed by atoms with E-state index in [2.05, 4.69) is 15.5 Å². The van der Waals surface area contributed by atoms with Crippen molar-refractivity contribution in [2.45, 2.75) is 46.2 Å². The standard InChI is InChI=1S/C24H29N5O4/c1-3-28-19-13-17(26-23(30)25-16-8-9-21-22(12-16)33-15-32-21)18(27-10-6-5-7-11-27)14-20(19)29(4-2)24(28)31/h8-9,12-14H,3-7,10-11,15H2,1-2H3,(H2,25,26,30). The average molecular weight is 452 g/mol. The molecule has 2 amide bonds. The second-order valence-corrected chi connectivity index (χ2v) is 8.32. The van der Waals surface area contributed by atoms with Gasteiger partial charge < -0.3 is 25.0 Å². The molecule has 0 bridgehead atoms. The zero-order valence-electron chi connectivity index (χ0n) is 19.0. The second-order valence-electron chi connectivity index (χ2n) is 8.32. The van der Waals surface area contributed by atoms with Crippen LogP contribution >= 0.6 is 0 Å². The number of aryl methyl sites for hydroxylation is 2. The summed E-state index contributed by atoms with van der Waals surface area (Å²) in [7, 11) is 0. The summed E-state index contributed by atoms with van der Waals surface area (Å²) in [5, 5.41) is 5.90. The smallest absolute Gasteiger partial charge is 0.329 e. The fraction of sp³-hybridized carbons (Fsp3) is 0.417. The monoisotopic (exact) mass is 451 g/mol. The summed E-state index contributed by atoms with van der Waals surface area (Å²) in [5.41, 5.74) is 3.94. The van der Waals surface area contributed by atoms with Gasteiger partial charge >= 0.3 is 11.7 Å². The minimum Gasteiger partial charge on any atom is -0.454 e. The molecule has 2 aliphatic heterocycles. The van der Waals surface area contributed by atoms with Crippen LogP contribution < -0.4 is 30.7 Å². The molecule has 0 radical (unpaired) electrons. The Hall–Kier alpha value is -3.62. The number of fused-ring (bicyclic) bond motifs is 2. The van der Waals surface area contributed by atoms with Crippen LogP contribution in [0, 0.1) is 0 Å². The Bertz CT molecular complexity index is 1260. The number of hydrogen-bond donors (Lipinski definition) is 2. The predicted octanol–water partition coefficient (Wildman–Crippen LogP) is 4.21. The first-order valence-electron chi connectivity index (χ1n) is 11.6. The van der Waals surface area contributed by atoms with Gasteiger partial charge in [0.05, 0.1) is 22.4 Å². The average Bonchev–Trinajstić information content (AvgIpc) is 3.39. The summed E-state index contributed by atoms with van der Waals surface area (Å²) in [5.74, 6) is 1.27. The predicted molar refractivity (Wildman–Crippen MR) is 129 cm³/mol. The van der Waals surface area contributed by atoms with Crippen molar-refractivity contribution in [3.8, 4) is 11.5 Å². The molecular formula is C24H29N5O4. The van der Waals surface area contributed by atoms with Gasteiger partial charge in [-0.15, -0.1) is 0 Å². The molecule has 1 aromatic heterocycles. The van der Waals surface area contributed by atoms with Crippen molar-refractivity contribution in [1.82, 2.24) is 9.13 Å². The maximum absolute atomic E-state index is 12.9. The summed E-state index contributed by atoms with van der Waals surface area (Å²) < 4.78 is 14.3. The van der Waals surface area contributed by atoms with Crippen LogP contribution in [0.25, 0.3) is 11.0 Å². The van der Waals surface area contributed by atoms with Crippen LogP contribution in [0.1, 0.15) is 33.1 Å². The number of rotatable bonds is 5. The highest BCUT2D eigenvalue weighted by atomic mass is 16.7. The van der Waals surface area contributed by atoms with Crippen molar-refractivity contribution in [2.24, 2.45) is 0 Å². The lowest BCUT2D eigenvalue weighted by atomic mass is 10.1. The molecule has 0 atom stereocenters. The van der Waals surface area contributed by atoms with Crippen molar-refractivity contribution in [2.75, 3.05) is 35.4 Å². The second kappa shape index (κ2) is 8.73. The third kappa shape index (κ3) is 3.88. The molecule has 0 aliphatic carbocycles. The number of piperidine rings is 1. The number of amides is 2. The van der Waals surface area contributed by atoms with Crippen LogP contribution in [0.3, 0.4) is 0 Å². The normalized spacial score (nSPS) is 15.2. The van der Waals surface area contributed by atoms with Crippen LogP contribution in [0.15, 0.2) is 35.1 Å². The molecule has 1 fully saturated rings. The van der Waals surface area contributed by atoms with E-state index in [1.165, 1.54) is 6.42 Å². The molecule has 0 unspecified atom stereocenters. The van der Waals surface area contributed by atoms with Gasteiger partial charge in [-0.2, -0.15) is 0 Å². The van der Waals surface area contributed by atoms with E-state index in [9.17, 15) is 9.59 Å². The molecule has 1 saturated heterocycles. The van der Waals surface area contributed by atoms with E-state index in [0.29, 0.717) is 36.0 Å². The number of hydrogen-bond acceptors (Lipinski definition) is 5. The number of carbonyl (C=O) groups is 1. The van der Waals surface area contributed by atoms with E-state index in [0.717, 1.165) is 42.7 Å². The van der Waals surface area contributed by atoms with Gasteiger partial charge in [0, 0.05) is 37.9 Å². The number of aromatic nitrogens is 2. The highest BCUT2D eigenvalue weighted by Gasteiger charge is 2.21. The van der Waals surface area contributed by atoms with Crippen LogP contribution in [-0.4, -0.2) is 35.0 Å². The van der Waals surface area contributed by atoms with E-state index < -0.39 is 0 Å². The third-order valence-corrected chi connectivity index (χ3v) is 6.34. The molecule has 3 heterocycles. The number of anilines is 3. The zero-order chi connectivity index (χ0) is 22.9. The van der Waals surface area contributed by atoms with Crippen molar-refractivity contribution in [3.05, 3.63) is 40.8 Å². The third-order valence-electron chi connectivity index (χ3n) is 6.34. The zero-order valence-corrected chi connectivity index (χ0v) is 19.0. The molecule has 2 aliphatic rings. The molecule has 2 N–H and O–H groups in total. The van der Waals surface area contributed by atoms with Crippen molar-refractivity contribution < 1.29 is 14.3 Å². The van der Waals surface area contributed by atoms with Gasteiger partial charge in [-0.3, -0.25) is 9.13 Å². The maximum Gasteiger partial charge on any atom is 0.329 e. The number of ether oxygens (including phenoxy) is 2. The van der Waals surface area contributed by atoms with Crippen molar-refractivity contribution in [3.63, 3.8) is 0 Å². The van der Waals surface area contributed by atoms with Gasteiger partial charge in [0.25, 0.3) is 0 Å². The minimum atomic E-state index is -0.355. The number of carbonyl (C=O) groups excluding carboxylic acids is 1. The first-order valence-corrected chi connectivity index (χ1v) is 11.6. The fourth-order valence-electron chi connectivity index (χ4n) is 4.72. The highest BCUT2D eigenvalue weighted by Crippen LogP contribution is 2.35. The first-order chi connectivity index (χ1) is 16.1. The summed E-state index contributed by atoms with van der Waals surface area (Å²) in [6.45, 7) is 7.13. The van der Waals surface area contributed by atoms with Crippen LogP contribution in [0.2, 0.25) is 0 Å². The number of urea groups is 1. The van der Waals surface area contributed by atoms with Gasteiger partial charge in [-0.1, -0.05) is 0 Å². The lowest BCUT2D eigenvalue weighted by Crippen LogP contribution is -2.31. The Morgan fingerprint density at radius 3 is 2.33 bits per heavy atom. The van der Waals surface area contributed by atoms with E-state index in [4.69, 9.17) is 9.47 Å². The summed E-state index contributed by atoms with van der Waals surface area (Å²) in [6.07, 6.45) is 3.42. The molecule has 174 valence electrons. The van der Waals surface area contributed by atoms with Crippen LogP contribution in [0.4, 0.5) is 21.9 Å². The SMILES string of the molecule is CCn1c(=O)n(CC)c2cc(N3CCCCC3)c(NC(=O)Nc3ccc4c(c3)OCO4)cc21. The molecular weight excluding hydrogens is 422 g/mol. The first kappa shape index (κ1) is 21.2. The molecule has 9 heteroatoms. The Morgan fingerprint density at radius 1 is 0.909 bits per heavy atom. The molecule has 0 spiro atoms. The van der Waals surface area contributed by atoms with Gasteiger partial charge in [-0.05, 0) is 57.4 Å². The summed E-state index contributed by atoms with van der Waals surface area (Å²) >= 11 is 0. The molecule has 9 nitrogen and oxygen atoms in total. The van der Waals surface area contributed by atoms with Gasteiger partial charge in [-0.25, -0.2) is 9.59 Å². The van der Waals surface area contributed by atoms with E-state index >= 15 is 0 Å².